The van der Waals surface area contributed by atoms with Crippen molar-refractivity contribution < 1.29 is 9.94 Å². The van der Waals surface area contributed by atoms with Crippen LogP contribution in [0.1, 0.15) is 6.42 Å². The Bertz CT molecular complexity index is 110. The summed E-state index contributed by atoms with van der Waals surface area (Å²) in [6, 6.07) is -0.159. The van der Waals surface area contributed by atoms with Gasteiger partial charge in [-0.25, -0.2) is 0 Å². The van der Waals surface area contributed by atoms with E-state index in [0.717, 1.165) is 6.54 Å². The molecular formula is C6H14N2O2. The van der Waals surface area contributed by atoms with Crippen LogP contribution in [0.3, 0.4) is 0 Å². The van der Waals surface area contributed by atoms with Crippen molar-refractivity contribution in [2.24, 2.45) is 5.73 Å². The largest absolute Gasteiger partial charge is 0.391 e. The molecule has 0 aliphatic carbocycles. The minimum Gasteiger partial charge on any atom is -0.391 e. The Kier molecular flexibility index (Phi) is 2.62. The maximum Gasteiger partial charge on any atom is 0.0717 e. The molecule has 1 saturated heterocycles. The zero-order chi connectivity index (χ0) is 7.56. The van der Waals surface area contributed by atoms with Gasteiger partial charge in [-0.1, -0.05) is 0 Å². The molecule has 1 heterocycles. The Morgan fingerprint density at radius 2 is 2.40 bits per heavy atom. The third-order valence-electron chi connectivity index (χ3n) is 1.84. The molecule has 10 heavy (non-hydrogen) atoms. The molecule has 0 aromatic heterocycles. The van der Waals surface area contributed by atoms with E-state index < -0.39 is 0 Å². The summed E-state index contributed by atoms with van der Waals surface area (Å²) in [6.45, 7) is 1.39. The summed E-state index contributed by atoms with van der Waals surface area (Å²) in [5.41, 5.74) is 5.57. The summed E-state index contributed by atoms with van der Waals surface area (Å²) in [6.07, 6.45) is 0.348. The molecule has 4 heteroatoms. The van der Waals surface area contributed by atoms with Crippen molar-refractivity contribution in [3.8, 4) is 0 Å². The summed E-state index contributed by atoms with van der Waals surface area (Å²) in [7, 11) is 1.62. The van der Waals surface area contributed by atoms with Gasteiger partial charge in [0.05, 0.1) is 13.2 Å². The smallest absolute Gasteiger partial charge is 0.0717 e. The van der Waals surface area contributed by atoms with Crippen LogP contribution in [0.5, 0.6) is 0 Å². The minimum atomic E-state index is -0.355. The van der Waals surface area contributed by atoms with Gasteiger partial charge < -0.3 is 15.7 Å². The molecule has 0 bridgehead atoms. The van der Waals surface area contributed by atoms with E-state index in [1.165, 1.54) is 0 Å². The first kappa shape index (κ1) is 7.94. The van der Waals surface area contributed by atoms with Crippen molar-refractivity contribution in [1.82, 2.24) is 5.06 Å². The van der Waals surface area contributed by atoms with Crippen LogP contribution >= 0.6 is 0 Å². The van der Waals surface area contributed by atoms with Crippen LogP contribution in [0.2, 0.25) is 0 Å². The number of nitrogens with zero attached hydrogens (tertiary/aromatic N) is 1. The fraction of sp³-hybridized carbons (Fsp3) is 1.00. The van der Waals surface area contributed by atoms with Gasteiger partial charge in [-0.3, -0.25) is 0 Å². The SMILES string of the molecule is CON1CC[C@H](O)[C@H](N)C1. The van der Waals surface area contributed by atoms with E-state index in [0.29, 0.717) is 13.0 Å². The van der Waals surface area contributed by atoms with Crippen molar-refractivity contribution in [3.05, 3.63) is 0 Å². The highest BCUT2D eigenvalue weighted by molar-refractivity contribution is 4.79. The third kappa shape index (κ3) is 1.67. The van der Waals surface area contributed by atoms with Gasteiger partial charge >= 0.3 is 0 Å². The van der Waals surface area contributed by atoms with Crippen LogP contribution in [0.15, 0.2) is 0 Å². The Hall–Kier alpha value is -0.160. The molecule has 1 aliphatic heterocycles. The van der Waals surface area contributed by atoms with Crippen LogP contribution in [-0.2, 0) is 4.84 Å². The lowest BCUT2D eigenvalue weighted by atomic mass is 10.1. The predicted octanol–water partition coefficient (Wildman–Crippen LogP) is -1.06. The Morgan fingerprint density at radius 3 is 2.90 bits per heavy atom. The molecule has 0 aromatic rings. The molecule has 1 aliphatic rings. The molecule has 3 N–H and O–H groups in total. The number of aliphatic hydroxyl groups excluding tert-OH is 1. The lowest BCUT2D eigenvalue weighted by molar-refractivity contribution is -0.159. The van der Waals surface area contributed by atoms with Crippen molar-refractivity contribution in [2.45, 2.75) is 18.6 Å². The average Bonchev–Trinajstić information content (AvgIpc) is 1.95. The molecule has 1 rings (SSSR count). The minimum absolute atomic E-state index is 0.159. The zero-order valence-electron chi connectivity index (χ0n) is 6.16. The lowest BCUT2D eigenvalue weighted by Gasteiger charge is -2.31. The second kappa shape index (κ2) is 3.30. The van der Waals surface area contributed by atoms with Crippen LogP contribution < -0.4 is 5.73 Å². The van der Waals surface area contributed by atoms with Crippen LogP contribution in [0, 0.1) is 0 Å². The fourth-order valence-corrected chi connectivity index (χ4v) is 1.10. The zero-order valence-corrected chi connectivity index (χ0v) is 6.16. The molecule has 4 nitrogen and oxygen atoms in total. The van der Waals surface area contributed by atoms with Gasteiger partial charge in [0.1, 0.15) is 0 Å². The highest BCUT2D eigenvalue weighted by Crippen LogP contribution is 2.08. The van der Waals surface area contributed by atoms with Gasteiger partial charge in [0.25, 0.3) is 0 Å². The van der Waals surface area contributed by atoms with Gasteiger partial charge in [0.2, 0.25) is 0 Å². The molecule has 2 atom stereocenters. The number of aliphatic hydroxyl groups is 1. The van der Waals surface area contributed by atoms with E-state index >= 15 is 0 Å². The molecule has 0 radical (unpaired) electrons. The van der Waals surface area contributed by atoms with Gasteiger partial charge in [0.15, 0.2) is 0 Å². The molecule has 0 aromatic carbocycles. The van der Waals surface area contributed by atoms with Crippen molar-refractivity contribution in [3.63, 3.8) is 0 Å². The Morgan fingerprint density at radius 1 is 1.70 bits per heavy atom. The second-order valence-corrected chi connectivity index (χ2v) is 2.59. The normalized spacial score (nSPS) is 36.3. The third-order valence-corrected chi connectivity index (χ3v) is 1.84. The highest BCUT2D eigenvalue weighted by Gasteiger charge is 2.24. The molecule has 0 amide bonds. The first-order valence-corrected chi connectivity index (χ1v) is 3.46. The lowest BCUT2D eigenvalue weighted by Crippen LogP contribution is -2.50. The van der Waals surface area contributed by atoms with E-state index in [2.05, 4.69) is 0 Å². The van der Waals surface area contributed by atoms with Gasteiger partial charge in [-0.05, 0) is 6.42 Å². The monoisotopic (exact) mass is 146 g/mol. The van der Waals surface area contributed by atoms with E-state index in [-0.39, 0.29) is 12.1 Å². The summed E-state index contributed by atoms with van der Waals surface area (Å²) < 4.78 is 0. The van der Waals surface area contributed by atoms with E-state index in [1.54, 1.807) is 12.2 Å². The summed E-state index contributed by atoms with van der Waals surface area (Å²) in [4.78, 5) is 4.95. The maximum atomic E-state index is 9.18. The highest BCUT2D eigenvalue weighted by atomic mass is 16.7. The van der Waals surface area contributed by atoms with Crippen LogP contribution in [-0.4, -0.2) is 42.5 Å². The number of hydrogen-bond donors (Lipinski definition) is 2. The number of hydroxylamine groups is 2. The van der Waals surface area contributed by atoms with Crippen molar-refractivity contribution in [1.29, 1.82) is 0 Å². The van der Waals surface area contributed by atoms with E-state index in [4.69, 9.17) is 10.6 Å². The molecule has 0 saturated carbocycles. The van der Waals surface area contributed by atoms with Crippen molar-refractivity contribution in [2.75, 3.05) is 20.2 Å². The molecule has 60 valence electrons. The summed E-state index contributed by atoms with van der Waals surface area (Å²) in [5, 5.41) is 10.9. The number of nitrogens with two attached hydrogens (primary N) is 1. The van der Waals surface area contributed by atoms with E-state index in [1.807, 2.05) is 0 Å². The van der Waals surface area contributed by atoms with Crippen LogP contribution in [0.25, 0.3) is 0 Å². The van der Waals surface area contributed by atoms with Crippen molar-refractivity contribution >= 4 is 0 Å². The molecular weight excluding hydrogens is 132 g/mol. The summed E-state index contributed by atoms with van der Waals surface area (Å²) >= 11 is 0. The van der Waals surface area contributed by atoms with Gasteiger partial charge in [0, 0.05) is 19.1 Å². The Balaban J connectivity index is 2.33. The quantitative estimate of drug-likeness (QED) is 0.495. The second-order valence-electron chi connectivity index (χ2n) is 2.59. The maximum absolute atomic E-state index is 9.18. The van der Waals surface area contributed by atoms with Gasteiger partial charge in [-0.15, -0.1) is 0 Å². The van der Waals surface area contributed by atoms with Gasteiger partial charge in [-0.2, -0.15) is 5.06 Å². The fourth-order valence-electron chi connectivity index (χ4n) is 1.10. The average molecular weight is 146 g/mol. The molecule has 0 unspecified atom stereocenters. The number of piperidine rings is 1. The standard InChI is InChI=1S/C6H14N2O2/c1-10-8-3-2-6(9)5(7)4-8/h5-6,9H,2-4,7H2,1H3/t5-,6+/m1/s1. The van der Waals surface area contributed by atoms with Crippen LogP contribution in [0.4, 0.5) is 0 Å². The first-order chi connectivity index (χ1) is 4.74. The molecule has 1 fully saturated rings. The number of hydrogen-bond acceptors (Lipinski definition) is 4. The predicted molar refractivity (Wildman–Crippen MR) is 37.2 cm³/mol. The van der Waals surface area contributed by atoms with E-state index in [9.17, 15) is 5.11 Å². The topological polar surface area (TPSA) is 58.7 Å². The summed E-state index contributed by atoms with van der Waals surface area (Å²) in [5.74, 6) is 0. The molecule has 0 spiro atoms. The Labute approximate surface area is 60.5 Å². The first-order valence-electron chi connectivity index (χ1n) is 3.46. The number of rotatable bonds is 1.